The Labute approximate surface area is 73.0 Å². The second-order valence-electron chi connectivity index (χ2n) is 2.45. The van der Waals surface area contributed by atoms with Crippen LogP contribution in [0.3, 0.4) is 0 Å². The number of unbranched alkanes of at least 4 members (excludes halogenated alkanes) is 1. The lowest BCUT2D eigenvalue weighted by molar-refractivity contribution is -0.109. The molecule has 70 valence electrons. The molecule has 0 aromatic carbocycles. The van der Waals surface area contributed by atoms with E-state index < -0.39 is 0 Å². The summed E-state index contributed by atoms with van der Waals surface area (Å²) in [6.07, 6.45) is 4.22. The van der Waals surface area contributed by atoms with Crippen molar-refractivity contribution in [2.45, 2.75) is 32.8 Å². The molecule has 1 atom stereocenters. The van der Waals surface area contributed by atoms with Gasteiger partial charge in [0.25, 0.3) is 0 Å². The van der Waals surface area contributed by atoms with E-state index in [0.29, 0.717) is 6.41 Å². The van der Waals surface area contributed by atoms with Gasteiger partial charge in [-0.2, -0.15) is 5.10 Å². The van der Waals surface area contributed by atoms with E-state index in [2.05, 4.69) is 17.5 Å². The molecule has 0 aromatic rings. The van der Waals surface area contributed by atoms with Crippen LogP contribution < -0.4 is 5.43 Å². The minimum Gasteiger partial charge on any atom is -0.373 e. The van der Waals surface area contributed by atoms with Crippen LogP contribution >= 0.6 is 0 Å². The quantitative estimate of drug-likeness (QED) is 0.269. The maximum absolute atomic E-state index is 9.78. The predicted molar refractivity (Wildman–Crippen MR) is 48.0 cm³/mol. The van der Waals surface area contributed by atoms with Crippen LogP contribution in [-0.2, 0) is 9.53 Å². The van der Waals surface area contributed by atoms with Crippen molar-refractivity contribution < 1.29 is 9.53 Å². The minimum absolute atomic E-state index is 0.0380. The monoisotopic (exact) mass is 172 g/mol. The van der Waals surface area contributed by atoms with Crippen LogP contribution in [0.2, 0.25) is 0 Å². The van der Waals surface area contributed by atoms with Gasteiger partial charge in [0.15, 0.2) is 0 Å². The van der Waals surface area contributed by atoms with Gasteiger partial charge in [-0.1, -0.05) is 13.3 Å². The fourth-order valence-electron chi connectivity index (χ4n) is 0.635. The Hall–Kier alpha value is -0.900. The number of carbonyl (C=O) groups excluding carboxylic acids is 1. The number of nitrogens with one attached hydrogen (secondary N) is 1. The molecule has 0 aliphatic carbocycles. The molecule has 0 fully saturated rings. The summed E-state index contributed by atoms with van der Waals surface area (Å²) < 4.78 is 5.32. The van der Waals surface area contributed by atoms with Crippen molar-refractivity contribution in [3.63, 3.8) is 0 Å². The van der Waals surface area contributed by atoms with E-state index in [-0.39, 0.29) is 6.10 Å². The van der Waals surface area contributed by atoms with Crippen molar-refractivity contribution in [1.29, 1.82) is 0 Å². The fourth-order valence-corrected chi connectivity index (χ4v) is 0.635. The molecule has 0 radical (unpaired) electrons. The number of hydrogen-bond donors (Lipinski definition) is 1. The molecule has 0 saturated heterocycles. The molecule has 0 rings (SSSR count). The predicted octanol–water partition coefficient (Wildman–Crippen LogP) is 0.923. The summed E-state index contributed by atoms with van der Waals surface area (Å²) in [6.45, 7) is 4.73. The highest BCUT2D eigenvalue weighted by Gasteiger charge is 1.95. The van der Waals surface area contributed by atoms with E-state index in [1.54, 1.807) is 6.21 Å². The van der Waals surface area contributed by atoms with Crippen molar-refractivity contribution in [3.05, 3.63) is 0 Å². The number of ether oxygens (including phenoxy) is 1. The van der Waals surface area contributed by atoms with Gasteiger partial charge in [-0.05, 0) is 13.3 Å². The van der Waals surface area contributed by atoms with Gasteiger partial charge in [0.05, 0.1) is 12.3 Å². The summed E-state index contributed by atoms with van der Waals surface area (Å²) in [5.74, 6) is 0. The Kier molecular flexibility index (Phi) is 7.58. The zero-order chi connectivity index (χ0) is 9.23. The van der Waals surface area contributed by atoms with Gasteiger partial charge in [0.2, 0.25) is 6.41 Å². The molecular formula is C8H16N2O2. The van der Waals surface area contributed by atoms with Crippen molar-refractivity contribution in [2.24, 2.45) is 5.10 Å². The second-order valence-corrected chi connectivity index (χ2v) is 2.45. The molecule has 0 saturated carbocycles. The smallest absolute Gasteiger partial charge is 0.227 e. The third kappa shape index (κ3) is 7.21. The molecule has 1 amide bonds. The van der Waals surface area contributed by atoms with Crippen molar-refractivity contribution in [3.8, 4) is 0 Å². The van der Waals surface area contributed by atoms with Crippen LogP contribution in [0.5, 0.6) is 0 Å². The number of nitrogens with zero attached hydrogens (tertiary/aromatic N) is 1. The van der Waals surface area contributed by atoms with E-state index >= 15 is 0 Å². The maximum Gasteiger partial charge on any atom is 0.227 e. The van der Waals surface area contributed by atoms with Crippen molar-refractivity contribution in [1.82, 2.24) is 5.43 Å². The lowest BCUT2D eigenvalue weighted by Gasteiger charge is -2.06. The number of amides is 1. The minimum atomic E-state index is -0.0380. The molecule has 0 unspecified atom stereocenters. The normalized spacial score (nSPS) is 13.2. The van der Waals surface area contributed by atoms with Gasteiger partial charge in [0, 0.05) is 6.61 Å². The zero-order valence-corrected chi connectivity index (χ0v) is 7.62. The van der Waals surface area contributed by atoms with E-state index in [1.807, 2.05) is 6.92 Å². The Morgan fingerprint density at radius 2 is 2.42 bits per heavy atom. The maximum atomic E-state index is 9.78. The summed E-state index contributed by atoms with van der Waals surface area (Å²) in [5.41, 5.74) is 2.18. The van der Waals surface area contributed by atoms with Gasteiger partial charge in [-0.15, -0.1) is 0 Å². The zero-order valence-electron chi connectivity index (χ0n) is 7.62. The largest absolute Gasteiger partial charge is 0.373 e. The Morgan fingerprint density at radius 1 is 1.67 bits per heavy atom. The highest BCUT2D eigenvalue weighted by molar-refractivity contribution is 5.63. The molecule has 0 spiro atoms. The molecule has 0 aromatic heterocycles. The first-order valence-corrected chi connectivity index (χ1v) is 4.15. The summed E-state index contributed by atoms with van der Waals surface area (Å²) in [5, 5.41) is 3.60. The number of rotatable bonds is 7. The molecule has 4 nitrogen and oxygen atoms in total. The van der Waals surface area contributed by atoms with E-state index in [4.69, 9.17) is 4.74 Å². The van der Waals surface area contributed by atoms with Gasteiger partial charge in [-0.3, -0.25) is 4.79 Å². The van der Waals surface area contributed by atoms with Crippen LogP contribution in [0.1, 0.15) is 26.7 Å². The van der Waals surface area contributed by atoms with Crippen LogP contribution in [-0.4, -0.2) is 25.3 Å². The van der Waals surface area contributed by atoms with Gasteiger partial charge in [-0.25, -0.2) is 5.43 Å². The van der Waals surface area contributed by atoms with Gasteiger partial charge < -0.3 is 4.74 Å². The molecule has 0 aliphatic rings. The lowest BCUT2D eigenvalue weighted by atomic mass is 10.3. The van der Waals surface area contributed by atoms with E-state index in [1.165, 1.54) is 0 Å². The molecule has 12 heavy (non-hydrogen) atoms. The SMILES string of the molecule is CCCCO[C@@H](C)C=NNC=O. The highest BCUT2D eigenvalue weighted by atomic mass is 16.5. The van der Waals surface area contributed by atoms with Crippen LogP contribution in [0.15, 0.2) is 5.10 Å². The highest BCUT2D eigenvalue weighted by Crippen LogP contribution is 1.91. The molecule has 0 bridgehead atoms. The third-order valence-electron chi connectivity index (χ3n) is 1.29. The Bertz CT molecular complexity index is 137. The second kappa shape index (κ2) is 8.20. The summed E-state index contributed by atoms with van der Waals surface area (Å²) in [6, 6.07) is 0. The van der Waals surface area contributed by atoms with Crippen molar-refractivity contribution in [2.75, 3.05) is 6.61 Å². The fraction of sp³-hybridized carbons (Fsp3) is 0.750. The molecule has 1 N–H and O–H groups in total. The first kappa shape index (κ1) is 11.1. The molecule has 0 heterocycles. The van der Waals surface area contributed by atoms with Crippen LogP contribution in [0, 0.1) is 0 Å². The average Bonchev–Trinajstić information content (AvgIpc) is 2.06. The molecular weight excluding hydrogens is 156 g/mol. The van der Waals surface area contributed by atoms with E-state index in [0.717, 1.165) is 19.4 Å². The topological polar surface area (TPSA) is 50.7 Å². The first-order valence-electron chi connectivity index (χ1n) is 4.15. The Morgan fingerprint density at radius 3 is 3.00 bits per heavy atom. The number of hydrogen-bond acceptors (Lipinski definition) is 3. The standard InChI is InChI=1S/C8H16N2O2/c1-3-4-5-12-8(2)6-9-10-7-11/h6-8H,3-5H2,1-2H3,(H,10,11)/t8-/m0/s1. The molecule has 0 aliphatic heterocycles. The summed E-state index contributed by atoms with van der Waals surface area (Å²) >= 11 is 0. The van der Waals surface area contributed by atoms with Gasteiger partial charge in [0.1, 0.15) is 0 Å². The summed E-state index contributed by atoms with van der Waals surface area (Å²) in [4.78, 5) is 9.78. The lowest BCUT2D eigenvalue weighted by Crippen LogP contribution is -2.13. The number of carbonyl (C=O) groups is 1. The van der Waals surface area contributed by atoms with Crippen LogP contribution in [0.25, 0.3) is 0 Å². The average molecular weight is 172 g/mol. The van der Waals surface area contributed by atoms with Gasteiger partial charge >= 0.3 is 0 Å². The molecule has 4 heteroatoms. The Balaban J connectivity index is 3.31. The first-order chi connectivity index (χ1) is 5.81. The summed E-state index contributed by atoms with van der Waals surface area (Å²) in [7, 11) is 0. The third-order valence-corrected chi connectivity index (χ3v) is 1.29. The van der Waals surface area contributed by atoms with Crippen molar-refractivity contribution >= 4 is 12.6 Å². The number of hydrazone groups is 1. The van der Waals surface area contributed by atoms with E-state index in [9.17, 15) is 4.79 Å². The van der Waals surface area contributed by atoms with Crippen LogP contribution in [0.4, 0.5) is 0 Å².